The van der Waals surface area contributed by atoms with Crippen LogP contribution < -0.4 is 0 Å². The first-order chi connectivity index (χ1) is 21.9. The van der Waals surface area contributed by atoms with Crippen molar-refractivity contribution in [2.24, 2.45) is 0 Å². The van der Waals surface area contributed by atoms with Gasteiger partial charge < -0.3 is 0 Å². The summed E-state index contributed by atoms with van der Waals surface area (Å²) in [6.07, 6.45) is 11.8. The molecular weight excluding hydrogens is 552 g/mol. The van der Waals surface area contributed by atoms with Crippen LogP contribution in [0.1, 0.15) is 45.2 Å². The first kappa shape index (κ1) is 29.7. The van der Waals surface area contributed by atoms with Gasteiger partial charge in [-0.2, -0.15) is 10.2 Å². The Bertz CT molecular complexity index is 2010. The predicted octanol–water partition coefficient (Wildman–Crippen LogP) is 9.27. The van der Waals surface area contributed by atoms with Crippen molar-refractivity contribution in [1.82, 2.24) is 29.5 Å². The largest absolute Gasteiger partial charge is 0.256 e. The Morgan fingerprint density at radius 1 is 0.667 bits per heavy atom. The highest BCUT2D eigenvalue weighted by Crippen LogP contribution is 2.26. The van der Waals surface area contributed by atoms with Gasteiger partial charge in [0.05, 0.1) is 40.7 Å². The molecule has 4 heterocycles. The Kier molecular flexibility index (Phi) is 8.65. The van der Waals surface area contributed by atoms with Crippen molar-refractivity contribution in [2.75, 3.05) is 0 Å². The van der Waals surface area contributed by atoms with Crippen molar-refractivity contribution >= 4 is 10.9 Å². The van der Waals surface area contributed by atoms with Gasteiger partial charge in [0, 0.05) is 35.1 Å². The summed E-state index contributed by atoms with van der Waals surface area (Å²) in [5, 5.41) is 10.2. The van der Waals surface area contributed by atoms with Crippen molar-refractivity contribution < 1.29 is 0 Å². The zero-order valence-electron chi connectivity index (χ0n) is 26.3. The van der Waals surface area contributed by atoms with Crippen LogP contribution in [-0.4, -0.2) is 29.5 Å². The molecule has 3 aromatic carbocycles. The van der Waals surface area contributed by atoms with E-state index in [1.54, 1.807) is 6.20 Å². The molecule has 0 spiro atoms. The fourth-order valence-corrected chi connectivity index (χ4v) is 5.27. The minimum Gasteiger partial charge on any atom is -0.256 e. The smallest absolute Gasteiger partial charge is 0.0741 e. The fraction of sp³-hybridized carbons (Fsp3) is 0.179. The molecule has 0 N–H and O–H groups in total. The summed E-state index contributed by atoms with van der Waals surface area (Å²) in [6, 6.07) is 35.2. The molecule has 0 amide bonds. The number of aromatic nitrogens is 6. The minimum atomic E-state index is 0.117. The third-order valence-electron chi connectivity index (χ3n) is 7.75. The highest BCUT2D eigenvalue weighted by molar-refractivity contribution is 5.81. The Morgan fingerprint density at radius 2 is 1.40 bits per heavy atom. The van der Waals surface area contributed by atoms with Crippen LogP contribution in [0.15, 0.2) is 134 Å². The molecule has 0 saturated carbocycles. The van der Waals surface area contributed by atoms with Gasteiger partial charge in [0.25, 0.3) is 0 Å². The molecule has 7 rings (SSSR count). The molecular formula is C39H38N6. The SMILES string of the molecule is CC(C)(C)c1cccc(-n2cc(-c3ccc4ccccc4n3)cn2)c1.CCCc1ccccc1-n1cc(-c2ccccn2)cn1. The predicted molar refractivity (Wildman–Crippen MR) is 184 cm³/mol. The van der Waals surface area contributed by atoms with Crippen molar-refractivity contribution in [3.05, 3.63) is 145 Å². The van der Waals surface area contributed by atoms with E-state index in [0.717, 1.165) is 57.6 Å². The van der Waals surface area contributed by atoms with Crippen LogP contribution in [0.3, 0.4) is 0 Å². The van der Waals surface area contributed by atoms with E-state index in [0.29, 0.717) is 0 Å². The van der Waals surface area contributed by atoms with Crippen LogP contribution in [0.4, 0.5) is 0 Å². The summed E-state index contributed by atoms with van der Waals surface area (Å²) >= 11 is 0. The lowest BCUT2D eigenvalue weighted by Gasteiger charge is -2.19. The van der Waals surface area contributed by atoms with Crippen molar-refractivity contribution in [3.63, 3.8) is 0 Å². The molecule has 0 saturated heterocycles. The maximum absolute atomic E-state index is 4.76. The summed E-state index contributed by atoms with van der Waals surface area (Å²) in [5.41, 5.74) is 9.91. The van der Waals surface area contributed by atoms with Crippen LogP contribution in [0.5, 0.6) is 0 Å². The van der Waals surface area contributed by atoms with Crippen LogP contribution in [0.25, 0.3) is 44.8 Å². The van der Waals surface area contributed by atoms with Crippen LogP contribution in [-0.2, 0) is 11.8 Å². The second-order valence-electron chi connectivity index (χ2n) is 12.1. The molecule has 6 nitrogen and oxygen atoms in total. The number of rotatable bonds is 6. The Labute approximate surface area is 265 Å². The summed E-state index contributed by atoms with van der Waals surface area (Å²) in [7, 11) is 0. The summed E-state index contributed by atoms with van der Waals surface area (Å²) < 4.78 is 3.86. The molecule has 0 radical (unpaired) electrons. The van der Waals surface area contributed by atoms with Crippen molar-refractivity contribution in [2.45, 2.75) is 46.0 Å². The lowest BCUT2D eigenvalue weighted by molar-refractivity contribution is 0.589. The zero-order valence-corrected chi connectivity index (χ0v) is 26.3. The third-order valence-corrected chi connectivity index (χ3v) is 7.75. The van der Waals surface area contributed by atoms with Gasteiger partial charge in [0.15, 0.2) is 0 Å². The van der Waals surface area contributed by atoms with Gasteiger partial charge in [-0.05, 0) is 65.4 Å². The number of fused-ring (bicyclic) bond motifs is 1. The lowest BCUT2D eigenvalue weighted by Crippen LogP contribution is -2.11. The third kappa shape index (κ3) is 6.91. The Hall–Kier alpha value is -5.36. The summed E-state index contributed by atoms with van der Waals surface area (Å²) in [5.74, 6) is 0. The number of para-hydroxylation sites is 2. The van der Waals surface area contributed by atoms with Gasteiger partial charge in [-0.3, -0.25) is 4.98 Å². The van der Waals surface area contributed by atoms with E-state index in [2.05, 4.69) is 110 Å². The molecule has 0 bridgehead atoms. The number of aryl methyl sites for hydroxylation is 1. The molecule has 7 aromatic rings. The standard InChI is InChI=1S/C22H21N3.C17H17N3/c1-22(2,3)18-8-6-9-19(13-18)25-15-17(14-23-25)21-12-11-16-7-4-5-10-20(16)24-21;1-2-7-14-8-3-4-10-17(14)20-13-15(12-19-20)16-9-5-6-11-18-16/h4-15H,1-3H3;3-6,8-13H,2,7H2,1H3. The number of benzene rings is 3. The molecule has 45 heavy (non-hydrogen) atoms. The van der Waals surface area contributed by atoms with Gasteiger partial charge >= 0.3 is 0 Å². The van der Waals surface area contributed by atoms with Crippen molar-refractivity contribution in [1.29, 1.82) is 0 Å². The van der Waals surface area contributed by atoms with E-state index in [4.69, 9.17) is 4.98 Å². The molecule has 4 aromatic heterocycles. The second-order valence-corrected chi connectivity index (χ2v) is 12.1. The van der Waals surface area contributed by atoms with E-state index in [-0.39, 0.29) is 5.41 Å². The second kappa shape index (κ2) is 13.1. The number of pyridine rings is 2. The van der Waals surface area contributed by atoms with E-state index in [1.165, 1.54) is 11.1 Å². The van der Waals surface area contributed by atoms with E-state index >= 15 is 0 Å². The topological polar surface area (TPSA) is 61.4 Å². The van der Waals surface area contributed by atoms with Gasteiger partial charge in [0.1, 0.15) is 0 Å². The number of hydrogen-bond acceptors (Lipinski definition) is 4. The minimum absolute atomic E-state index is 0.117. The average Bonchev–Trinajstić information content (AvgIpc) is 3.77. The summed E-state index contributed by atoms with van der Waals surface area (Å²) in [6.45, 7) is 8.86. The first-order valence-corrected chi connectivity index (χ1v) is 15.4. The van der Waals surface area contributed by atoms with Gasteiger partial charge in [-0.25, -0.2) is 14.3 Å². The van der Waals surface area contributed by atoms with Gasteiger partial charge in [0.2, 0.25) is 0 Å². The molecule has 0 atom stereocenters. The van der Waals surface area contributed by atoms with E-state index < -0.39 is 0 Å². The molecule has 0 aliphatic heterocycles. The normalized spacial score (nSPS) is 11.3. The fourth-order valence-electron chi connectivity index (χ4n) is 5.27. The van der Waals surface area contributed by atoms with Crippen LogP contribution in [0, 0.1) is 0 Å². The van der Waals surface area contributed by atoms with Crippen LogP contribution in [0.2, 0.25) is 0 Å². The van der Waals surface area contributed by atoms with Crippen molar-refractivity contribution in [3.8, 4) is 33.9 Å². The lowest BCUT2D eigenvalue weighted by atomic mass is 9.87. The van der Waals surface area contributed by atoms with Gasteiger partial charge in [-0.1, -0.05) is 94.8 Å². The Morgan fingerprint density at radius 3 is 2.20 bits per heavy atom. The quantitative estimate of drug-likeness (QED) is 0.194. The highest BCUT2D eigenvalue weighted by Gasteiger charge is 2.15. The summed E-state index contributed by atoms with van der Waals surface area (Å²) in [4.78, 5) is 9.12. The maximum Gasteiger partial charge on any atom is 0.0741 e. The van der Waals surface area contributed by atoms with Crippen LogP contribution >= 0.6 is 0 Å². The van der Waals surface area contributed by atoms with E-state index in [1.807, 2.05) is 70.5 Å². The number of nitrogens with zero attached hydrogens (tertiary/aromatic N) is 6. The molecule has 0 unspecified atom stereocenters. The molecule has 6 heteroatoms. The highest BCUT2D eigenvalue weighted by atomic mass is 15.3. The molecule has 0 fully saturated rings. The van der Waals surface area contributed by atoms with Gasteiger partial charge in [-0.15, -0.1) is 0 Å². The maximum atomic E-state index is 4.76. The molecule has 224 valence electrons. The monoisotopic (exact) mass is 590 g/mol. The van der Waals surface area contributed by atoms with E-state index in [9.17, 15) is 0 Å². The Balaban J connectivity index is 0.000000163. The number of hydrogen-bond donors (Lipinski definition) is 0. The molecule has 0 aliphatic rings. The first-order valence-electron chi connectivity index (χ1n) is 15.4. The molecule has 0 aliphatic carbocycles. The zero-order chi connectivity index (χ0) is 31.2. The average molecular weight is 591 g/mol.